The lowest BCUT2D eigenvalue weighted by Gasteiger charge is -2.26. The SMILES string of the molecule is Cc1c(Nc2nc(Cl)nc(NCCNc3nc(Cl)nc(Nc4cc(S(=O)(=O)O)ccc4S(=O)(=O)O)n3)n2)c(C)c(S(=O)(=O)O)c(C)c1Nc1cc(S(=O)(=O)O)c(N)c2c1C(=O)c1ccccc1C2=O. The lowest BCUT2D eigenvalue weighted by molar-refractivity contribution is 0.0980. The molecule has 0 fully saturated rings. The Morgan fingerprint density at radius 1 is 0.536 bits per heavy atom. The van der Waals surface area contributed by atoms with Gasteiger partial charge in [0.25, 0.3) is 40.5 Å². The van der Waals surface area contributed by atoms with E-state index in [-0.39, 0.29) is 81.1 Å². The molecule has 0 spiro atoms. The number of anilines is 9. The van der Waals surface area contributed by atoms with E-state index in [4.69, 9.17) is 28.9 Å². The normalized spacial score (nSPS) is 12.8. The lowest BCUT2D eigenvalue weighted by atomic mass is 9.82. The summed E-state index contributed by atoms with van der Waals surface area (Å²) >= 11 is 12.3. The molecule has 0 bridgehead atoms. The van der Waals surface area contributed by atoms with Crippen LogP contribution in [-0.4, -0.2) is 106 Å². The van der Waals surface area contributed by atoms with Gasteiger partial charge < -0.3 is 32.3 Å². The van der Waals surface area contributed by atoms with Crippen LogP contribution >= 0.6 is 23.2 Å². The molecule has 0 aliphatic heterocycles. The summed E-state index contributed by atoms with van der Waals surface area (Å²) < 4.78 is 138. The number of nitrogen functional groups attached to an aromatic ring is 1. The lowest BCUT2D eigenvalue weighted by Crippen LogP contribution is -2.25. The maximum Gasteiger partial charge on any atom is 0.296 e. The number of benzene rings is 4. The molecular formula is C37H32Cl2N12O14S4. The number of halogens is 2. The van der Waals surface area contributed by atoms with E-state index in [1.165, 1.54) is 45.0 Å². The van der Waals surface area contributed by atoms with Crippen molar-refractivity contribution in [1.29, 1.82) is 0 Å². The molecule has 6 aromatic rings. The highest BCUT2D eigenvalue weighted by Gasteiger charge is 2.37. The maximum atomic E-state index is 14.0. The molecule has 1 aliphatic carbocycles. The molecule has 0 unspecified atom stereocenters. The predicted molar refractivity (Wildman–Crippen MR) is 247 cm³/mol. The maximum absolute atomic E-state index is 14.0. The summed E-state index contributed by atoms with van der Waals surface area (Å²) in [5.41, 5.74) is 3.18. The quantitative estimate of drug-likeness (QED) is 0.0386. The fraction of sp³-hybridized carbons (Fsp3) is 0.135. The highest BCUT2D eigenvalue weighted by atomic mass is 35.5. The van der Waals surface area contributed by atoms with Gasteiger partial charge in [-0.25, -0.2) is 0 Å². The van der Waals surface area contributed by atoms with Gasteiger partial charge in [0.2, 0.25) is 34.4 Å². The average Bonchev–Trinajstić information content (AvgIpc) is 3.23. The minimum absolute atomic E-state index is 0.0259. The molecule has 26 nitrogen and oxygen atoms in total. The Labute approximate surface area is 400 Å². The van der Waals surface area contributed by atoms with Crippen LogP contribution < -0.4 is 32.3 Å². The van der Waals surface area contributed by atoms with Crippen LogP contribution in [0.4, 0.5) is 52.2 Å². The van der Waals surface area contributed by atoms with Gasteiger partial charge in [0.1, 0.15) is 14.7 Å². The molecular weight excluding hydrogens is 1040 g/mol. The average molecular weight is 1070 g/mol. The third-order valence-corrected chi connectivity index (χ3v) is 14.2. The highest BCUT2D eigenvalue weighted by molar-refractivity contribution is 7.86. The molecule has 0 saturated heterocycles. The van der Waals surface area contributed by atoms with E-state index in [0.29, 0.717) is 12.1 Å². The van der Waals surface area contributed by atoms with Crippen molar-refractivity contribution in [2.75, 3.05) is 45.4 Å². The number of aromatic nitrogens is 6. The molecule has 1 aliphatic rings. The van der Waals surface area contributed by atoms with Crippen molar-refractivity contribution in [1.82, 2.24) is 29.9 Å². The number of carbonyl (C=O) groups is 2. The second-order valence-electron chi connectivity index (χ2n) is 14.5. The standard InChI is InChI=1S/C37H32Cl2N12O14S4/c1-14-27(43-21-13-23(68(60,61)62)26(40)25-24(21)29(52)18-6-4-5-7-19(18)30(25)53)15(2)31(69(63,64)65)16(3)28(14)45-37-49-33(39)47-35(51-37)42-11-10-41-34-46-32(38)48-36(50-34)44-20-12-17(66(54,55)56)8-9-22(20)67(57,58)59/h4-9,12-13,43H,10-11,40H2,1-3H3,(H,54,55,56)(H,57,58,59)(H,60,61,62)(H,63,64,65)(H2,41,44,46,48,50)(H2,42,45,47,49,51). The minimum Gasteiger partial charge on any atom is -0.397 e. The van der Waals surface area contributed by atoms with Crippen LogP contribution in [-0.2, 0) is 40.5 Å². The number of nitrogens with two attached hydrogens (primary N) is 1. The monoisotopic (exact) mass is 1070 g/mol. The molecule has 362 valence electrons. The molecule has 0 radical (unpaired) electrons. The largest absolute Gasteiger partial charge is 0.397 e. The Morgan fingerprint density at radius 2 is 1.01 bits per heavy atom. The van der Waals surface area contributed by atoms with E-state index in [9.17, 15) is 61.5 Å². The number of carbonyl (C=O) groups excluding carboxylic acids is 2. The summed E-state index contributed by atoms with van der Waals surface area (Å²) in [6, 6.07) is 8.63. The molecule has 11 N–H and O–H groups in total. The van der Waals surface area contributed by atoms with Crippen molar-refractivity contribution in [3.8, 4) is 0 Å². The first-order chi connectivity index (χ1) is 32.0. The zero-order chi connectivity index (χ0) is 50.7. The van der Waals surface area contributed by atoms with Gasteiger partial charge in [-0.3, -0.25) is 27.8 Å². The summed E-state index contributed by atoms with van der Waals surface area (Å²) in [4.78, 5) is 48.8. The van der Waals surface area contributed by atoms with Gasteiger partial charge in [-0.1, -0.05) is 24.3 Å². The number of hydrogen-bond acceptors (Lipinski definition) is 22. The van der Waals surface area contributed by atoms with Crippen molar-refractivity contribution in [3.63, 3.8) is 0 Å². The first kappa shape index (κ1) is 50.1. The van der Waals surface area contributed by atoms with Gasteiger partial charge in [0.15, 0.2) is 11.6 Å². The van der Waals surface area contributed by atoms with Crippen molar-refractivity contribution in [3.05, 3.63) is 98.0 Å². The van der Waals surface area contributed by atoms with Crippen LogP contribution in [0.5, 0.6) is 0 Å². The van der Waals surface area contributed by atoms with Crippen molar-refractivity contribution >= 4 is 127 Å². The summed E-state index contributed by atoms with van der Waals surface area (Å²) in [5, 5.41) is 12.9. The summed E-state index contributed by atoms with van der Waals surface area (Å²) in [7, 11) is -20.0. The van der Waals surface area contributed by atoms with Crippen molar-refractivity contribution in [2.24, 2.45) is 0 Å². The predicted octanol–water partition coefficient (Wildman–Crippen LogP) is 4.39. The van der Waals surface area contributed by atoms with E-state index >= 15 is 0 Å². The fourth-order valence-electron chi connectivity index (χ4n) is 7.24. The van der Waals surface area contributed by atoms with Crippen LogP contribution in [0.25, 0.3) is 0 Å². The zero-order valence-electron chi connectivity index (χ0n) is 35.1. The molecule has 0 atom stereocenters. The molecule has 0 amide bonds. The van der Waals surface area contributed by atoms with E-state index in [1.54, 1.807) is 0 Å². The molecule has 32 heteroatoms. The number of hydrogen-bond donors (Lipinski definition) is 10. The number of nitrogens with one attached hydrogen (secondary N) is 5. The molecule has 4 aromatic carbocycles. The molecule has 2 aromatic heterocycles. The first-order valence-corrected chi connectivity index (χ1v) is 25.5. The summed E-state index contributed by atoms with van der Waals surface area (Å²) in [5.74, 6) is -2.67. The summed E-state index contributed by atoms with van der Waals surface area (Å²) in [6.45, 7) is 4.05. The Hall–Kier alpha value is -6.74. The second-order valence-corrected chi connectivity index (χ2v) is 20.8. The van der Waals surface area contributed by atoms with Gasteiger partial charge >= 0.3 is 0 Å². The third-order valence-electron chi connectivity index (χ3n) is 10.1. The minimum atomic E-state index is -5.15. The number of ketones is 2. The molecule has 7 rings (SSSR count). The Kier molecular flexibility index (Phi) is 13.3. The van der Waals surface area contributed by atoms with Gasteiger partial charge in [-0.2, -0.15) is 63.6 Å². The van der Waals surface area contributed by atoms with Crippen LogP contribution in [0, 0.1) is 20.8 Å². The van der Waals surface area contributed by atoms with E-state index in [2.05, 4.69) is 56.5 Å². The van der Waals surface area contributed by atoms with Crippen LogP contribution in [0.2, 0.25) is 10.6 Å². The van der Waals surface area contributed by atoms with E-state index in [1.807, 2.05) is 0 Å². The van der Waals surface area contributed by atoms with E-state index in [0.717, 1.165) is 12.1 Å². The van der Waals surface area contributed by atoms with Gasteiger partial charge in [-0.15, -0.1) is 0 Å². The second kappa shape index (κ2) is 18.3. The topological polar surface area (TPSA) is 415 Å². The van der Waals surface area contributed by atoms with Crippen LogP contribution in [0.3, 0.4) is 0 Å². The van der Waals surface area contributed by atoms with E-state index < -0.39 is 105 Å². The van der Waals surface area contributed by atoms with Gasteiger partial charge in [0, 0.05) is 29.9 Å². The molecule has 0 saturated carbocycles. The van der Waals surface area contributed by atoms with Crippen molar-refractivity contribution in [2.45, 2.75) is 40.4 Å². The van der Waals surface area contributed by atoms with Crippen molar-refractivity contribution < 1.29 is 61.5 Å². The summed E-state index contributed by atoms with van der Waals surface area (Å²) in [6.07, 6.45) is 0. The number of nitrogens with zero attached hydrogens (tertiary/aromatic N) is 6. The number of rotatable bonds is 15. The first-order valence-electron chi connectivity index (χ1n) is 19.0. The van der Waals surface area contributed by atoms with Crippen LogP contribution in [0.15, 0.2) is 68.1 Å². The third kappa shape index (κ3) is 10.3. The Morgan fingerprint density at radius 3 is 1.51 bits per heavy atom. The zero-order valence-corrected chi connectivity index (χ0v) is 39.8. The molecule has 69 heavy (non-hydrogen) atoms. The number of fused-ring (bicyclic) bond motifs is 2. The van der Waals surface area contributed by atoms with Gasteiger partial charge in [-0.05, 0) is 84.9 Å². The molecule has 2 heterocycles. The van der Waals surface area contributed by atoms with Crippen LogP contribution in [0.1, 0.15) is 48.5 Å². The highest BCUT2D eigenvalue weighted by Crippen LogP contribution is 2.44. The Balaban J connectivity index is 1.17. The van der Waals surface area contributed by atoms with Gasteiger partial charge in [0.05, 0.1) is 38.8 Å². The fourth-order valence-corrected chi connectivity index (χ4v) is 10.3. The smallest absolute Gasteiger partial charge is 0.296 e. The Bertz CT molecular complexity index is 3680.